The molecule has 0 bridgehead atoms. The third-order valence-corrected chi connectivity index (χ3v) is 4.72. The lowest BCUT2D eigenvalue weighted by molar-refractivity contribution is -0.121. The van der Waals surface area contributed by atoms with Crippen LogP contribution in [-0.4, -0.2) is 47.4 Å². The predicted molar refractivity (Wildman–Crippen MR) is 97.6 cm³/mol. The number of methoxy groups -OCH3 is 1. The van der Waals surface area contributed by atoms with Gasteiger partial charge in [-0.3, -0.25) is 9.89 Å². The number of amides is 1. The van der Waals surface area contributed by atoms with Crippen molar-refractivity contribution in [1.29, 1.82) is 0 Å². The van der Waals surface area contributed by atoms with Crippen LogP contribution in [0.5, 0.6) is 0 Å². The maximum atomic E-state index is 11.9. The topological polar surface area (TPSA) is 91.9 Å². The number of anilines is 1. The molecule has 2 aromatic heterocycles. The summed E-state index contributed by atoms with van der Waals surface area (Å²) in [7, 11) is 1.62. The van der Waals surface area contributed by atoms with Crippen LogP contribution in [0.2, 0.25) is 0 Å². The SMILES string of the molecule is COCCNC(=O)CCc1[nH]nc2ccnc(NC3CCCCC3)c12. The molecule has 2 aromatic rings. The Balaban J connectivity index is 1.67. The Labute approximate surface area is 147 Å². The zero-order chi connectivity index (χ0) is 17.5. The third-order valence-electron chi connectivity index (χ3n) is 4.72. The van der Waals surface area contributed by atoms with Crippen molar-refractivity contribution in [2.45, 2.75) is 51.0 Å². The molecule has 1 saturated carbocycles. The van der Waals surface area contributed by atoms with E-state index < -0.39 is 0 Å². The van der Waals surface area contributed by atoms with Gasteiger partial charge in [-0.1, -0.05) is 19.3 Å². The minimum absolute atomic E-state index is 0.0190. The fraction of sp³-hybridized carbons (Fsp3) is 0.611. The van der Waals surface area contributed by atoms with Crippen LogP contribution < -0.4 is 10.6 Å². The molecule has 3 rings (SSSR count). The number of nitrogens with one attached hydrogen (secondary N) is 3. The van der Waals surface area contributed by atoms with E-state index in [9.17, 15) is 4.79 Å². The third kappa shape index (κ3) is 4.69. The standard InChI is InChI=1S/C18H27N5O2/c1-25-12-11-19-16(24)8-7-14-17-15(23-22-14)9-10-20-18(17)21-13-5-3-2-4-6-13/h9-10,13H,2-8,11-12H2,1H3,(H,19,24)(H,20,21)(H,22,23). The van der Waals surface area contributed by atoms with Crippen molar-refractivity contribution in [3.8, 4) is 0 Å². The Morgan fingerprint density at radius 3 is 3.00 bits per heavy atom. The minimum atomic E-state index is 0.0190. The highest BCUT2D eigenvalue weighted by Gasteiger charge is 2.17. The number of pyridine rings is 1. The molecule has 1 fully saturated rings. The number of hydrogen-bond donors (Lipinski definition) is 3. The molecule has 136 valence electrons. The monoisotopic (exact) mass is 345 g/mol. The summed E-state index contributed by atoms with van der Waals surface area (Å²) in [5.41, 5.74) is 1.85. The molecule has 1 aliphatic rings. The molecule has 0 spiro atoms. The fourth-order valence-corrected chi connectivity index (χ4v) is 3.38. The summed E-state index contributed by atoms with van der Waals surface area (Å²) in [5.74, 6) is 0.901. The average molecular weight is 345 g/mol. The molecule has 3 N–H and O–H groups in total. The van der Waals surface area contributed by atoms with E-state index in [4.69, 9.17) is 4.74 Å². The van der Waals surface area contributed by atoms with Crippen LogP contribution in [0.1, 0.15) is 44.2 Å². The van der Waals surface area contributed by atoms with Gasteiger partial charge in [-0.2, -0.15) is 5.10 Å². The number of rotatable bonds is 8. The van der Waals surface area contributed by atoms with Gasteiger partial charge in [-0.15, -0.1) is 0 Å². The molecule has 0 saturated heterocycles. The lowest BCUT2D eigenvalue weighted by Crippen LogP contribution is -2.27. The van der Waals surface area contributed by atoms with E-state index in [1.165, 1.54) is 32.1 Å². The van der Waals surface area contributed by atoms with Gasteiger partial charge in [0.1, 0.15) is 5.82 Å². The summed E-state index contributed by atoms with van der Waals surface area (Å²) in [6, 6.07) is 2.38. The number of carbonyl (C=O) groups is 1. The number of fused-ring (bicyclic) bond motifs is 1. The van der Waals surface area contributed by atoms with Gasteiger partial charge in [0.2, 0.25) is 5.91 Å². The smallest absolute Gasteiger partial charge is 0.220 e. The lowest BCUT2D eigenvalue weighted by Gasteiger charge is -2.23. The lowest BCUT2D eigenvalue weighted by atomic mass is 9.95. The van der Waals surface area contributed by atoms with Crippen molar-refractivity contribution in [2.75, 3.05) is 25.6 Å². The number of nitrogens with zero attached hydrogens (tertiary/aromatic N) is 2. The quantitative estimate of drug-likeness (QED) is 0.639. The fourth-order valence-electron chi connectivity index (χ4n) is 3.38. The van der Waals surface area contributed by atoms with Gasteiger partial charge in [0.05, 0.1) is 17.5 Å². The van der Waals surface area contributed by atoms with E-state index in [0.29, 0.717) is 32.0 Å². The minimum Gasteiger partial charge on any atom is -0.383 e. The van der Waals surface area contributed by atoms with Crippen molar-refractivity contribution < 1.29 is 9.53 Å². The number of aromatic amines is 1. The Bertz CT molecular complexity index is 694. The van der Waals surface area contributed by atoms with Crippen LogP contribution in [0.25, 0.3) is 10.9 Å². The highest BCUT2D eigenvalue weighted by atomic mass is 16.5. The molecule has 0 unspecified atom stereocenters. The highest BCUT2D eigenvalue weighted by molar-refractivity contribution is 5.92. The number of H-pyrrole nitrogens is 1. The van der Waals surface area contributed by atoms with Crippen LogP contribution >= 0.6 is 0 Å². The first kappa shape index (κ1) is 17.7. The number of ether oxygens (including phenoxy) is 1. The van der Waals surface area contributed by atoms with Crippen molar-refractivity contribution in [1.82, 2.24) is 20.5 Å². The maximum Gasteiger partial charge on any atom is 0.220 e. The number of aromatic nitrogens is 3. The molecule has 7 heteroatoms. The van der Waals surface area contributed by atoms with Crippen LogP contribution in [0.3, 0.4) is 0 Å². The predicted octanol–water partition coefficient (Wildman–Crippen LogP) is 2.40. The maximum absolute atomic E-state index is 11.9. The Morgan fingerprint density at radius 1 is 1.36 bits per heavy atom. The molecule has 1 aliphatic carbocycles. The molecule has 0 atom stereocenters. The average Bonchev–Trinajstić information content (AvgIpc) is 3.05. The Kier molecular flexibility index (Phi) is 6.22. The Morgan fingerprint density at radius 2 is 2.20 bits per heavy atom. The number of carbonyl (C=O) groups excluding carboxylic acids is 1. The zero-order valence-electron chi connectivity index (χ0n) is 14.8. The van der Waals surface area contributed by atoms with Gasteiger partial charge in [-0.05, 0) is 25.3 Å². The zero-order valence-corrected chi connectivity index (χ0v) is 14.8. The van der Waals surface area contributed by atoms with E-state index in [2.05, 4.69) is 25.8 Å². The van der Waals surface area contributed by atoms with Crippen LogP contribution in [-0.2, 0) is 16.0 Å². The van der Waals surface area contributed by atoms with E-state index in [1.807, 2.05) is 6.07 Å². The van der Waals surface area contributed by atoms with Crippen LogP contribution in [0.15, 0.2) is 12.3 Å². The molecule has 0 aromatic carbocycles. The molecule has 0 radical (unpaired) electrons. The van der Waals surface area contributed by atoms with Gasteiger partial charge >= 0.3 is 0 Å². The normalized spacial score (nSPS) is 15.4. The summed E-state index contributed by atoms with van der Waals surface area (Å²) < 4.78 is 4.94. The first-order chi connectivity index (χ1) is 12.3. The summed E-state index contributed by atoms with van der Waals surface area (Å²) in [6.45, 7) is 1.06. The van der Waals surface area contributed by atoms with E-state index in [1.54, 1.807) is 13.3 Å². The van der Waals surface area contributed by atoms with Crippen LogP contribution in [0, 0.1) is 0 Å². The van der Waals surface area contributed by atoms with E-state index in [-0.39, 0.29) is 5.91 Å². The second-order valence-corrected chi connectivity index (χ2v) is 6.58. The van der Waals surface area contributed by atoms with Gasteiger partial charge in [0.25, 0.3) is 0 Å². The second-order valence-electron chi connectivity index (χ2n) is 6.58. The highest BCUT2D eigenvalue weighted by Crippen LogP contribution is 2.27. The molecule has 7 nitrogen and oxygen atoms in total. The molecule has 2 heterocycles. The number of aryl methyl sites for hydroxylation is 1. The van der Waals surface area contributed by atoms with Crippen molar-refractivity contribution in [2.24, 2.45) is 0 Å². The first-order valence-corrected chi connectivity index (χ1v) is 9.12. The summed E-state index contributed by atoms with van der Waals surface area (Å²) in [6.07, 6.45) is 9.06. The molecule has 0 aliphatic heterocycles. The second kappa shape index (κ2) is 8.80. The van der Waals surface area contributed by atoms with Gasteiger partial charge < -0.3 is 15.4 Å². The molecule has 25 heavy (non-hydrogen) atoms. The number of hydrogen-bond acceptors (Lipinski definition) is 5. The first-order valence-electron chi connectivity index (χ1n) is 9.12. The summed E-state index contributed by atoms with van der Waals surface area (Å²) in [4.78, 5) is 16.5. The van der Waals surface area contributed by atoms with Gasteiger partial charge in [0, 0.05) is 38.0 Å². The molecule has 1 amide bonds. The van der Waals surface area contributed by atoms with Gasteiger partial charge in [0.15, 0.2) is 0 Å². The van der Waals surface area contributed by atoms with E-state index >= 15 is 0 Å². The van der Waals surface area contributed by atoms with Crippen molar-refractivity contribution in [3.05, 3.63) is 18.0 Å². The Hall–Kier alpha value is -2.15. The van der Waals surface area contributed by atoms with Crippen molar-refractivity contribution >= 4 is 22.6 Å². The van der Waals surface area contributed by atoms with Crippen molar-refractivity contribution in [3.63, 3.8) is 0 Å². The summed E-state index contributed by atoms with van der Waals surface area (Å²) >= 11 is 0. The van der Waals surface area contributed by atoms with E-state index in [0.717, 1.165) is 22.4 Å². The molecular formula is C18H27N5O2. The van der Waals surface area contributed by atoms with Crippen LogP contribution in [0.4, 0.5) is 5.82 Å². The largest absolute Gasteiger partial charge is 0.383 e. The van der Waals surface area contributed by atoms with Gasteiger partial charge in [-0.25, -0.2) is 4.98 Å². The molecular weight excluding hydrogens is 318 g/mol. The summed E-state index contributed by atoms with van der Waals surface area (Å²) in [5, 5.41) is 14.9.